The van der Waals surface area contributed by atoms with Crippen molar-refractivity contribution in [3.63, 3.8) is 0 Å². The van der Waals surface area contributed by atoms with Gasteiger partial charge < -0.3 is 10.2 Å². The van der Waals surface area contributed by atoms with Crippen molar-refractivity contribution in [1.82, 2.24) is 4.98 Å². The highest BCUT2D eigenvalue weighted by molar-refractivity contribution is 7.99. The second-order valence-corrected chi connectivity index (χ2v) is 5.51. The Hall–Kier alpha value is -1.00. The largest absolute Gasteiger partial charge is 0.431 e. The number of nitrogens with two attached hydrogens (primary N) is 1. The van der Waals surface area contributed by atoms with E-state index in [-0.39, 0.29) is 0 Å². The fourth-order valence-corrected chi connectivity index (χ4v) is 3.30. The van der Waals surface area contributed by atoms with Crippen molar-refractivity contribution in [3.05, 3.63) is 24.3 Å². The highest BCUT2D eigenvalue weighted by Crippen LogP contribution is 2.34. The number of para-hydroxylation sites is 2. The van der Waals surface area contributed by atoms with Crippen LogP contribution in [0.15, 0.2) is 33.9 Å². The molecule has 1 aromatic carbocycles. The molecule has 1 aliphatic rings. The van der Waals surface area contributed by atoms with E-state index in [1.807, 2.05) is 24.3 Å². The summed E-state index contributed by atoms with van der Waals surface area (Å²) in [5.74, 6) is 0. The molecule has 2 N–H and O–H groups in total. The molecule has 2 atom stereocenters. The average molecular weight is 234 g/mol. The fourth-order valence-electron chi connectivity index (χ4n) is 2.12. The van der Waals surface area contributed by atoms with E-state index in [2.05, 4.69) is 4.98 Å². The summed E-state index contributed by atoms with van der Waals surface area (Å²) in [7, 11) is 0. The van der Waals surface area contributed by atoms with Crippen LogP contribution in [0.4, 0.5) is 0 Å². The van der Waals surface area contributed by atoms with Crippen molar-refractivity contribution in [2.75, 3.05) is 0 Å². The van der Waals surface area contributed by atoms with Gasteiger partial charge in [-0.05, 0) is 31.4 Å². The molecule has 16 heavy (non-hydrogen) atoms. The Labute approximate surface area is 98.4 Å². The molecule has 1 saturated carbocycles. The quantitative estimate of drug-likeness (QED) is 0.868. The molecular weight excluding hydrogens is 220 g/mol. The van der Waals surface area contributed by atoms with E-state index in [1.54, 1.807) is 11.8 Å². The Morgan fingerprint density at radius 3 is 2.94 bits per heavy atom. The molecule has 1 fully saturated rings. The van der Waals surface area contributed by atoms with Gasteiger partial charge in [0.15, 0.2) is 5.58 Å². The number of benzene rings is 1. The van der Waals surface area contributed by atoms with Crippen molar-refractivity contribution in [2.24, 2.45) is 5.73 Å². The normalized spacial score (nSPS) is 25.3. The average Bonchev–Trinajstić information content (AvgIpc) is 2.84. The first kappa shape index (κ1) is 10.2. The Kier molecular flexibility index (Phi) is 2.61. The Morgan fingerprint density at radius 2 is 2.19 bits per heavy atom. The highest BCUT2D eigenvalue weighted by atomic mass is 32.2. The van der Waals surface area contributed by atoms with Crippen LogP contribution < -0.4 is 5.73 Å². The van der Waals surface area contributed by atoms with Gasteiger partial charge in [0.25, 0.3) is 5.22 Å². The van der Waals surface area contributed by atoms with E-state index in [4.69, 9.17) is 10.2 Å². The first-order valence-electron chi connectivity index (χ1n) is 5.59. The lowest BCUT2D eigenvalue weighted by atomic mass is 10.3. The van der Waals surface area contributed by atoms with E-state index in [9.17, 15) is 0 Å². The maximum Gasteiger partial charge on any atom is 0.257 e. The van der Waals surface area contributed by atoms with Crippen LogP contribution in [0.25, 0.3) is 11.1 Å². The van der Waals surface area contributed by atoms with Crippen molar-refractivity contribution >= 4 is 22.9 Å². The molecular formula is C12H14N2OS. The van der Waals surface area contributed by atoms with Crippen LogP contribution in [-0.2, 0) is 0 Å². The lowest BCUT2D eigenvalue weighted by Crippen LogP contribution is -2.15. The molecule has 0 amide bonds. The zero-order valence-corrected chi connectivity index (χ0v) is 9.74. The number of thioether (sulfide) groups is 1. The maximum atomic E-state index is 5.89. The van der Waals surface area contributed by atoms with Crippen LogP contribution in [0, 0.1) is 0 Å². The van der Waals surface area contributed by atoms with Crippen LogP contribution >= 0.6 is 11.8 Å². The Morgan fingerprint density at radius 1 is 1.31 bits per heavy atom. The Balaban J connectivity index is 1.79. The number of aromatic nitrogens is 1. The number of oxazole rings is 1. The molecule has 84 valence electrons. The van der Waals surface area contributed by atoms with Crippen LogP contribution in [0.2, 0.25) is 0 Å². The summed E-state index contributed by atoms with van der Waals surface area (Å²) in [5.41, 5.74) is 7.69. The van der Waals surface area contributed by atoms with Gasteiger partial charge in [-0.25, -0.2) is 4.98 Å². The minimum atomic E-state index is 0.363. The summed E-state index contributed by atoms with van der Waals surface area (Å²) >= 11 is 1.72. The summed E-state index contributed by atoms with van der Waals surface area (Å²) in [6, 6.07) is 8.23. The molecule has 0 spiro atoms. The zero-order valence-electron chi connectivity index (χ0n) is 8.93. The minimum absolute atomic E-state index is 0.363. The van der Waals surface area contributed by atoms with Crippen molar-refractivity contribution in [2.45, 2.75) is 35.8 Å². The molecule has 1 heterocycles. The van der Waals surface area contributed by atoms with E-state index in [0.717, 1.165) is 29.2 Å². The lowest BCUT2D eigenvalue weighted by Gasteiger charge is -2.04. The SMILES string of the molecule is NC1CCC(Sc2nc3ccccc3o2)C1. The molecule has 0 aliphatic heterocycles. The van der Waals surface area contributed by atoms with Crippen molar-refractivity contribution in [1.29, 1.82) is 0 Å². The third kappa shape index (κ3) is 1.95. The van der Waals surface area contributed by atoms with E-state index in [1.165, 1.54) is 6.42 Å². The zero-order chi connectivity index (χ0) is 11.0. The molecule has 0 saturated heterocycles. The second kappa shape index (κ2) is 4.11. The molecule has 3 rings (SSSR count). The molecule has 0 radical (unpaired) electrons. The topological polar surface area (TPSA) is 52.0 Å². The van der Waals surface area contributed by atoms with Crippen LogP contribution in [0.1, 0.15) is 19.3 Å². The van der Waals surface area contributed by atoms with Gasteiger partial charge in [-0.15, -0.1) is 0 Å². The number of hydrogen-bond acceptors (Lipinski definition) is 4. The predicted molar refractivity (Wildman–Crippen MR) is 65.5 cm³/mol. The first-order valence-corrected chi connectivity index (χ1v) is 6.47. The van der Waals surface area contributed by atoms with Gasteiger partial charge in [-0.2, -0.15) is 0 Å². The Bertz CT molecular complexity index is 463. The van der Waals surface area contributed by atoms with Gasteiger partial charge in [0.1, 0.15) is 5.52 Å². The number of rotatable bonds is 2. The van der Waals surface area contributed by atoms with Gasteiger partial charge in [-0.1, -0.05) is 23.9 Å². The third-order valence-corrected chi connectivity index (χ3v) is 4.10. The summed E-state index contributed by atoms with van der Waals surface area (Å²) in [5, 5.41) is 1.35. The lowest BCUT2D eigenvalue weighted by molar-refractivity contribution is 0.488. The van der Waals surface area contributed by atoms with Crippen molar-refractivity contribution < 1.29 is 4.42 Å². The van der Waals surface area contributed by atoms with Crippen LogP contribution in [0.3, 0.4) is 0 Å². The predicted octanol–water partition coefficient (Wildman–Crippen LogP) is 2.80. The molecule has 2 aromatic rings. The smallest absolute Gasteiger partial charge is 0.257 e. The molecule has 3 nitrogen and oxygen atoms in total. The number of fused-ring (bicyclic) bond motifs is 1. The van der Waals surface area contributed by atoms with Crippen LogP contribution in [-0.4, -0.2) is 16.3 Å². The first-order chi connectivity index (χ1) is 7.81. The fraction of sp³-hybridized carbons (Fsp3) is 0.417. The van der Waals surface area contributed by atoms with Gasteiger partial charge >= 0.3 is 0 Å². The summed E-state index contributed by atoms with van der Waals surface area (Å²) in [6.07, 6.45) is 3.37. The van der Waals surface area contributed by atoms with Gasteiger partial charge in [-0.3, -0.25) is 0 Å². The van der Waals surface area contributed by atoms with Gasteiger partial charge in [0.05, 0.1) is 0 Å². The third-order valence-electron chi connectivity index (χ3n) is 2.97. The van der Waals surface area contributed by atoms with E-state index < -0.39 is 0 Å². The molecule has 1 aliphatic carbocycles. The van der Waals surface area contributed by atoms with Crippen LogP contribution in [0.5, 0.6) is 0 Å². The van der Waals surface area contributed by atoms with Gasteiger partial charge in [0.2, 0.25) is 0 Å². The number of hydrogen-bond donors (Lipinski definition) is 1. The molecule has 0 bridgehead atoms. The summed E-state index contributed by atoms with van der Waals surface area (Å²) in [4.78, 5) is 4.46. The highest BCUT2D eigenvalue weighted by Gasteiger charge is 2.24. The maximum absolute atomic E-state index is 5.89. The van der Waals surface area contributed by atoms with Gasteiger partial charge in [0, 0.05) is 11.3 Å². The van der Waals surface area contributed by atoms with E-state index in [0.29, 0.717) is 11.3 Å². The molecule has 1 aromatic heterocycles. The molecule has 4 heteroatoms. The summed E-state index contributed by atoms with van der Waals surface area (Å²) < 4.78 is 5.68. The monoisotopic (exact) mass is 234 g/mol. The van der Waals surface area contributed by atoms with E-state index >= 15 is 0 Å². The number of nitrogens with zero attached hydrogens (tertiary/aromatic N) is 1. The second-order valence-electron chi connectivity index (χ2n) is 4.26. The standard InChI is InChI=1S/C12H14N2OS/c13-8-5-6-9(7-8)16-12-14-10-3-1-2-4-11(10)15-12/h1-4,8-9H,5-7,13H2. The summed E-state index contributed by atoms with van der Waals surface area (Å²) in [6.45, 7) is 0. The molecule has 2 unspecified atom stereocenters. The van der Waals surface area contributed by atoms with Crippen molar-refractivity contribution in [3.8, 4) is 0 Å². The minimum Gasteiger partial charge on any atom is -0.431 e.